The van der Waals surface area contributed by atoms with Crippen LogP contribution in [0.2, 0.25) is 0 Å². The van der Waals surface area contributed by atoms with Crippen molar-refractivity contribution in [1.82, 2.24) is 0 Å². The van der Waals surface area contributed by atoms with E-state index in [0.717, 1.165) is 53.5 Å². The largest absolute Gasteiger partial charge is 0.508 e. The summed E-state index contributed by atoms with van der Waals surface area (Å²) in [5, 5.41) is 19.4. The molecule has 0 amide bonds. The number of methoxy groups -OCH3 is 1. The van der Waals surface area contributed by atoms with Crippen molar-refractivity contribution in [2.24, 2.45) is 0 Å². The van der Waals surface area contributed by atoms with Gasteiger partial charge in [-0.15, -0.1) is 0 Å². The van der Waals surface area contributed by atoms with Crippen LogP contribution >= 0.6 is 0 Å². The van der Waals surface area contributed by atoms with Gasteiger partial charge in [-0.3, -0.25) is 4.79 Å². The molecule has 1 saturated carbocycles. The molecular weight excluding hydrogens is 364 g/mol. The van der Waals surface area contributed by atoms with Crippen molar-refractivity contribution in [3.05, 3.63) is 89.0 Å². The van der Waals surface area contributed by atoms with E-state index >= 15 is 0 Å². The summed E-state index contributed by atoms with van der Waals surface area (Å²) in [5.41, 5.74) is 6.56. The Bertz CT molecular complexity index is 900. The van der Waals surface area contributed by atoms with Crippen molar-refractivity contribution in [2.45, 2.75) is 32.1 Å². The van der Waals surface area contributed by atoms with Crippen molar-refractivity contribution in [3.63, 3.8) is 0 Å². The van der Waals surface area contributed by atoms with E-state index in [4.69, 9.17) is 4.74 Å². The van der Waals surface area contributed by atoms with Gasteiger partial charge in [-0.1, -0.05) is 36.9 Å². The minimum atomic E-state index is -0.193. The predicted molar refractivity (Wildman–Crippen MR) is 115 cm³/mol. The molecule has 0 heterocycles. The summed E-state index contributed by atoms with van der Waals surface area (Å²) in [6.45, 7) is 4.04. The van der Waals surface area contributed by atoms with Gasteiger partial charge in [0, 0.05) is 6.42 Å². The van der Waals surface area contributed by atoms with Crippen molar-refractivity contribution in [2.75, 3.05) is 7.11 Å². The number of phenolic OH excluding ortho intramolecular Hbond substituents is 2. The maximum Gasteiger partial charge on any atom is 0.305 e. The lowest BCUT2D eigenvalue weighted by atomic mass is 9.90. The van der Waals surface area contributed by atoms with Crippen LogP contribution in [0.4, 0.5) is 0 Å². The predicted octanol–water partition coefficient (Wildman–Crippen LogP) is 5.52. The maximum absolute atomic E-state index is 11.4. The molecule has 2 aromatic carbocycles. The molecule has 0 atom stereocenters. The summed E-state index contributed by atoms with van der Waals surface area (Å²) in [5.74, 6) is 0.237. The lowest BCUT2D eigenvalue weighted by Gasteiger charge is -2.15. The monoisotopic (exact) mass is 390 g/mol. The number of carbonyl (C=O) groups is 1. The lowest BCUT2D eigenvalue weighted by molar-refractivity contribution is -0.140. The minimum Gasteiger partial charge on any atom is -0.508 e. The lowest BCUT2D eigenvalue weighted by Crippen LogP contribution is -2.00. The highest BCUT2D eigenvalue weighted by Crippen LogP contribution is 2.39. The molecule has 29 heavy (non-hydrogen) atoms. The number of carbonyl (C=O) groups excluding carboxylic acids is 1. The number of ether oxygens (including phenoxy) is 1. The summed E-state index contributed by atoms with van der Waals surface area (Å²) in [7, 11) is 1.41. The molecule has 0 spiro atoms. The highest BCUT2D eigenvalue weighted by Gasteiger charge is 2.20. The molecule has 1 aliphatic rings. The van der Waals surface area contributed by atoms with Gasteiger partial charge in [0.1, 0.15) is 11.5 Å². The van der Waals surface area contributed by atoms with Crippen molar-refractivity contribution in [1.29, 1.82) is 0 Å². The van der Waals surface area contributed by atoms with E-state index in [1.54, 1.807) is 24.3 Å². The summed E-state index contributed by atoms with van der Waals surface area (Å²) in [6.07, 6.45) is 5.91. The van der Waals surface area contributed by atoms with Crippen molar-refractivity contribution >= 4 is 11.5 Å². The number of rotatable bonds is 8. The van der Waals surface area contributed by atoms with Crippen LogP contribution in [0.5, 0.6) is 11.5 Å². The third-order valence-corrected chi connectivity index (χ3v) is 5.02. The van der Waals surface area contributed by atoms with Crippen molar-refractivity contribution < 1.29 is 19.7 Å². The molecule has 2 aromatic rings. The fraction of sp³-hybridized carbons (Fsp3) is 0.240. The molecule has 0 aromatic heterocycles. The molecule has 1 fully saturated rings. The fourth-order valence-corrected chi connectivity index (χ4v) is 3.30. The van der Waals surface area contributed by atoms with E-state index in [1.165, 1.54) is 12.7 Å². The van der Waals surface area contributed by atoms with Gasteiger partial charge in [-0.05, 0) is 83.4 Å². The average molecular weight is 390 g/mol. The number of phenols is 2. The number of hydrogen-bond donors (Lipinski definition) is 2. The van der Waals surface area contributed by atoms with Crippen LogP contribution in [0, 0.1) is 0 Å². The van der Waals surface area contributed by atoms with Crippen LogP contribution in [-0.4, -0.2) is 23.3 Å². The van der Waals surface area contributed by atoms with E-state index < -0.39 is 0 Å². The minimum absolute atomic E-state index is 0.193. The number of allylic oxidation sites excluding steroid dienone is 4. The standard InChI is InChI=1S/C25H26O4/c1-17-15-21(17)16-20(5-3-4-6-24(28)29-2)25(18-7-11-22(26)12-8-18)19-9-13-23(27)14-10-19/h7-14,16,26-27H,1,3-6,15H2,2H3/b21-16-. The quantitative estimate of drug-likeness (QED) is 0.460. The Kier molecular flexibility index (Phi) is 6.55. The molecular formula is C25H26O4. The Morgan fingerprint density at radius 1 is 0.966 bits per heavy atom. The van der Waals surface area contributed by atoms with E-state index in [2.05, 4.69) is 12.7 Å². The first-order valence-corrected chi connectivity index (χ1v) is 9.75. The molecule has 150 valence electrons. The average Bonchev–Trinajstić information content (AvgIpc) is 3.42. The molecule has 1 aliphatic carbocycles. The molecule has 0 radical (unpaired) electrons. The van der Waals surface area contributed by atoms with Crippen LogP contribution in [0.3, 0.4) is 0 Å². The van der Waals surface area contributed by atoms with Crippen LogP contribution in [0.15, 0.2) is 77.9 Å². The van der Waals surface area contributed by atoms with E-state index in [9.17, 15) is 15.0 Å². The highest BCUT2D eigenvalue weighted by molar-refractivity contribution is 5.84. The molecule has 4 heteroatoms. The molecule has 0 saturated heterocycles. The van der Waals surface area contributed by atoms with Gasteiger partial charge in [0.2, 0.25) is 0 Å². The van der Waals surface area contributed by atoms with Crippen LogP contribution < -0.4 is 0 Å². The van der Waals surface area contributed by atoms with Gasteiger partial charge in [0.05, 0.1) is 7.11 Å². The second kappa shape index (κ2) is 9.28. The number of esters is 1. The smallest absolute Gasteiger partial charge is 0.305 e. The van der Waals surface area contributed by atoms with Crippen molar-refractivity contribution in [3.8, 4) is 11.5 Å². The Labute approximate surface area is 171 Å². The second-order valence-corrected chi connectivity index (χ2v) is 7.23. The Hall–Kier alpha value is -3.27. The van der Waals surface area contributed by atoms with E-state index in [0.29, 0.717) is 6.42 Å². The first-order valence-electron chi connectivity index (χ1n) is 9.75. The third kappa shape index (κ3) is 5.61. The number of hydrogen-bond acceptors (Lipinski definition) is 4. The summed E-state index contributed by atoms with van der Waals surface area (Å²) < 4.78 is 4.73. The van der Waals surface area contributed by atoms with Crippen LogP contribution in [0.25, 0.3) is 5.57 Å². The highest BCUT2D eigenvalue weighted by atomic mass is 16.5. The second-order valence-electron chi connectivity index (χ2n) is 7.23. The zero-order valence-electron chi connectivity index (χ0n) is 16.6. The van der Waals surface area contributed by atoms with Gasteiger partial charge >= 0.3 is 5.97 Å². The van der Waals surface area contributed by atoms with Gasteiger partial charge in [-0.25, -0.2) is 0 Å². The molecule has 0 unspecified atom stereocenters. The fourth-order valence-electron chi connectivity index (χ4n) is 3.30. The number of aromatic hydroxyl groups is 2. The van der Waals surface area contributed by atoms with Crippen LogP contribution in [0.1, 0.15) is 43.2 Å². The molecule has 0 aliphatic heterocycles. The van der Waals surface area contributed by atoms with Gasteiger partial charge < -0.3 is 14.9 Å². The number of unbranched alkanes of at least 4 members (excludes halogenated alkanes) is 1. The summed E-state index contributed by atoms with van der Waals surface area (Å²) >= 11 is 0. The summed E-state index contributed by atoms with van der Waals surface area (Å²) in [6, 6.07) is 14.3. The zero-order valence-corrected chi connectivity index (χ0v) is 16.6. The van der Waals surface area contributed by atoms with E-state index in [1.807, 2.05) is 24.3 Å². The molecule has 4 nitrogen and oxygen atoms in total. The SMILES string of the molecule is C=C1C/C1=C/C(CCCCC(=O)OC)=C(c1ccc(O)cc1)c1ccc(O)cc1. The van der Waals surface area contributed by atoms with E-state index in [-0.39, 0.29) is 17.5 Å². The molecule has 0 bridgehead atoms. The summed E-state index contributed by atoms with van der Waals surface area (Å²) in [4.78, 5) is 11.4. The topological polar surface area (TPSA) is 66.8 Å². The Morgan fingerprint density at radius 2 is 1.45 bits per heavy atom. The first kappa shape index (κ1) is 20.5. The third-order valence-electron chi connectivity index (χ3n) is 5.02. The maximum atomic E-state index is 11.4. The van der Waals surface area contributed by atoms with Crippen LogP contribution in [-0.2, 0) is 9.53 Å². The Balaban J connectivity index is 2.00. The molecule has 3 rings (SSSR count). The van der Waals surface area contributed by atoms with Gasteiger partial charge in [0.25, 0.3) is 0 Å². The Morgan fingerprint density at radius 3 is 1.90 bits per heavy atom. The molecule has 2 N–H and O–H groups in total. The van der Waals surface area contributed by atoms with Gasteiger partial charge in [0.15, 0.2) is 0 Å². The first-order chi connectivity index (χ1) is 14.0. The normalized spacial score (nSPS) is 14.0. The number of benzene rings is 2. The van der Waals surface area contributed by atoms with Gasteiger partial charge in [-0.2, -0.15) is 0 Å². The zero-order chi connectivity index (χ0) is 20.8.